The van der Waals surface area contributed by atoms with Crippen molar-refractivity contribution in [3.05, 3.63) is 23.8 Å². The van der Waals surface area contributed by atoms with Crippen LogP contribution in [0.15, 0.2) is 18.2 Å². The molecule has 100 valence electrons. The normalized spacial score (nSPS) is 18.4. The van der Waals surface area contributed by atoms with Gasteiger partial charge in [-0.15, -0.1) is 0 Å². The number of hydrogen-bond acceptors (Lipinski definition) is 4. The average molecular weight is 260 g/mol. The molecule has 0 radical (unpaired) electrons. The zero-order valence-electron chi connectivity index (χ0n) is 10.8. The molecule has 1 amide bonds. The maximum absolute atomic E-state index is 12.1. The van der Waals surface area contributed by atoms with Gasteiger partial charge in [-0.05, 0) is 31.4 Å². The quantitative estimate of drug-likeness (QED) is 0.903. The van der Waals surface area contributed by atoms with Gasteiger partial charge >= 0.3 is 0 Å². The molecule has 0 saturated carbocycles. The number of hydrogen-bond donors (Lipinski definition) is 1. The van der Waals surface area contributed by atoms with Crippen LogP contribution in [0.1, 0.15) is 24.8 Å². The topological polar surface area (TPSA) is 71.3 Å². The van der Waals surface area contributed by atoms with Crippen LogP contribution in [0.3, 0.4) is 0 Å². The maximum atomic E-state index is 12.1. The van der Waals surface area contributed by atoms with Gasteiger partial charge in [0.05, 0.1) is 12.7 Å². The van der Waals surface area contributed by atoms with Crippen LogP contribution in [-0.2, 0) is 9.53 Å². The molecule has 5 heteroatoms. The Hall–Kier alpha value is -2.06. The molecule has 1 atom stereocenters. The predicted octanol–water partition coefficient (Wildman–Crippen LogP) is 2.07. The smallest absolute Gasteiger partial charge is 0.253 e. The predicted molar refractivity (Wildman–Crippen MR) is 69.9 cm³/mol. The number of para-hydroxylation sites is 1. The minimum Gasteiger partial charge on any atom is -0.495 e. The molecular weight excluding hydrogens is 244 g/mol. The Morgan fingerprint density at radius 3 is 3.00 bits per heavy atom. The van der Waals surface area contributed by atoms with Gasteiger partial charge < -0.3 is 14.8 Å². The van der Waals surface area contributed by atoms with Gasteiger partial charge in [0.2, 0.25) is 0 Å². The molecule has 1 aliphatic heterocycles. The van der Waals surface area contributed by atoms with E-state index in [2.05, 4.69) is 5.32 Å². The summed E-state index contributed by atoms with van der Waals surface area (Å²) in [6, 6.07) is 7.10. The second-order valence-corrected chi connectivity index (χ2v) is 4.34. The number of carbonyl (C=O) groups excluding carboxylic acids is 1. The molecule has 2 rings (SSSR count). The molecule has 1 unspecified atom stereocenters. The summed E-state index contributed by atoms with van der Waals surface area (Å²) in [6.07, 6.45) is 2.24. The molecule has 0 aliphatic carbocycles. The fraction of sp³-hybridized carbons (Fsp3) is 0.429. The zero-order chi connectivity index (χ0) is 13.7. The van der Waals surface area contributed by atoms with Crippen molar-refractivity contribution in [3.8, 4) is 11.8 Å². The van der Waals surface area contributed by atoms with E-state index in [4.69, 9.17) is 14.7 Å². The highest BCUT2D eigenvalue weighted by Gasteiger charge is 2.23. The molecule has 1 fully saturated rings. The fourth-order valence-corrected chi connectivity index (χ4v) is 2.07. The van der Waals surface area contributed by atoms with Crippen molar-refractivity contribution < 1.29 is 14.3 Å². The number of rotatable bonds is 3. The summed E-state index contributed by atoms with van der Waals surface area (Å²) in [5, 5.41) is 11.8. The third-order valence-electron chi connectivity index (χ3n) is 3.09. The van der Waals surface area contributed by atoms with Crippen molar-refractivity contribution in [1.29, 1.82) is 5.26 Å². The number of carbonyl (C=O) groups is 1. The van der Waals surface area contributed by atoms with E-state index in [0.29, 0.717) is 30.0 Å². The standard InChI is InChI=1S/C14H16N2O3/c1-18-11-7-4-5-10(9-15)13(11)16-14(17)12-6-2-3-8-19-12/h4-5,7,12H,2-3,6,8H2,1H3,(H,16,17). The highest BCUT2D eigenvalue weighted by atomic mass is 16.5. The molecule has 1 saturated heterocycles. The highest BCUT2D eigenvalue weighted by molar-refractivity contribution is 5.96. The summed E-state index contributed by atoms with van der Waals surface area (Å²) in [5.74, 6) is 0.254. The lowest BCUT2D eigenvalue weighted by molar-refractivity contribution is -0.129. The van der Waals surface area contributed by atoms with Gasteiger partial charge in [0.15, 0.2) is 0 Å². The van der Waals surface area contributed by atoms with Crippen LogP contribution >= 0.6 is 0 Å². The minimum atomic E-state index is -0.440. The van der Waals surface area contributed by atoms with Crippen LogP contribution in [0.4, 0.5) is 5.69 Å². The van der Waals surface area contributed by atoms with Crippen LogP contribution in [0.2, 0.25) is 0 Å². The summed E-state index contributed by atoms with van der Waals surface area (Å²) in [4.78, 5) is 12.1. The summed E-state index contributed by atoms with van der Waals surface area (Å²) in [6.45, 7) is 0.606. The van der Waals surface area contributed by atoms with E-state index in [1.54, 1.807) is 18.2 Å². The molecule has 1 aliphatic rings. The first kappa shape index (κ1) is 13.4. The lowest BCUT2D eigenvalue weighted by atomic mass is 10.1. The lowest BCUT2D eigenvalue weighted by Crippen LogP contribution is -2.33. The van der Waals surface area contributed by atoms with Gasteiger partial charge in [-0.2, -0.15) is 5.26 Å². The van der Waals surface area contributed by atoms with E-state index in [9.17, 15) is 4.79 Å². The summed E-state index contributed by atoms with van der Waals surface area (Å²) >= 11 is 0. The number of nitriles is 1. The average Bonchev–Trinajstić information content (AvgIpc) is 2.48. The van der Waals surface area contributed by atoms with Crippen LogP contribution < -0.4 is 10.1 Å². The van der Waals surface area contributed by atoms with Gasteiger partial charge in [0.25, 0.3) is 5.91 Å². The van der Waals surface area contributed by atoms with E-state index < -0.39 is 6.10 Å². The molecular formula is C14H16N2O3. The molecule has 0 bridgehead atoms. The number of benzene rings is 1. The van der Waals surface area contributed by atoms with Crippen LogP contribution in [0.5, 0.6) is 5.75 Å². The number of ether oxygens (including phenoxy) is 2. The molecule has 1 N–H and O–H groups in total. The largest absolute Gasteiger partial charge is 0.495 e. The molecule has 19 heavy (non-hydrogen) atoms. The Bertz CT molecular complexity index is 502. The minimum absolute atomic E-state index is 0.222. The monoisotopic (exact) mass is 260 g/mol. The van der Waals surface area contributed by atoms with Gasteiger partial charge in [-0.1, -0.05) is 6.07 Å². The Kier molecular flexibility index (Phi) is 4.37. The number of nitrogens with zero attached hydrogens (tertiary/aromatic N) is 1. The first-order chi connectivity index (χ1) is 9.26. The van der Waals surface area contributed by atoms with Crippen LogP contribution in [0, 0.1) is 11.3 Å². The lowest BCUT2D eigenvalue weighted by Gasteiger charge is -2.22. The summed E-state index contributed by atoms with van der Waals surface area (Å²) < 4.78 is 10.6. The summed E-state index contributed by atoms with van der Waals surface area (Å²) in [7, 11) is 1.50. The Morgan fingerprint density at radius 2 is 2.37 bits per heavy atom. The number of nitrogens with one attached hydrogen (secondary N) is 1. The molecule has 1 aromatic rings. The highest BCUT2D eigenvalue weighted by Crippen LogP contribution is 2.28. The molecule has 1 heterocycles. The van der Waals surface area contributed by atoms with Crippen LogP contribution in [-0.4, -0.2) is 25.7 Å². The zero-order valence-corrected chi connectivity index (χ0v) is 10.8. The van der Waals surface area contributed by atoms with E-state index in [0.717, 1.165) is 12.8 Å². The van der Waals surface area contributed by atoms with E-state index >= 15 is 0 Å². The van der Waals surface area contributed by atoms with E-state index in [-0.39, 0.29) is 5.91 Å². The van der Waals surface area contributed by atoms with Crippen molar-refractivity contribution in [1.82, 2.24) is 0 Å². The van der Waals surface area contributed by atoms with Gasteiger partial charge in [-0.25, -0.2) is 0 Å². The Balaban J connectivity index is 2.18. The second kappa shape index (κ2) is 6.21. The van der Waals surface area contributed by atoms with Crippen LogP contribution in [0.25, 0.3) is 0 Å². The second-order valence-electron chi connectivity index (χ2n) is 4.34. The Morgan fingerprint density at radius 1 is 1.53 bits per heavy atom. The number of methoxy groups -OCH3 is 1. The van der Waals surface area contributed by atoms with E-state index in [1.165, 1.54) is 7.11 Å². The van der Waals surface area contributed by atoms with Gasteiger partial charge in [-0.3, -0.25) is 4.79 Å². The maximum Gasteiger partial charge on any atom is 0.253 e. The van der Waals surface area contributed by atoms with Crippen molar-refractivity contribution in [2.24, 2.45) is 0 Å². The molecule has 1 aromatic carbocycles. The molecule has 0 spiro atoms. The molecule has 5 nitrogen and oxygen atoms in total. The first-order valence-electron chi connectivity index (χ1n) is 6.26. The number of amides is 1. The SMILES string of the molecule is COc1cccc(C#N)c1NC(=O)C1CCCCO1. The van der Waals surface area contributed by atoms with E-state index in [1.807, 2.05) is 6.07 Å². The van der Waals surface area contributed by atoms with Crippen molar-refractivity contribution in [2.45, 2.75) is 25.4 Å². The third-order valence-corrected chi connectivity index (χ3v) is 3.09. The molecule has 0 aromatic heterocycles. The third kappa shape index (κ3) is 3.04. The van der Waals surface area contributed by atoms with Crippen molar-refractivity contribution >= 4 is 11.6 Å². The van der Waals surface area contributed by atoms with Gasteiger partial charge in [0.1, 0.15) is 23.6 Å². The van der Waals surface area contributed by atoms with Gasteiger partial charge in [0, 0.05) is 6.61 Å². The van der Waals surface area contributed by atoms with Crippen molar-refractivity contribution in [3.63, 3.8) is 0 Å². The Labute approximate surface area is 112 Å². The first-order valence-corrected chi connectivity index (χ1v) is 6.26. The summed E-state index contributed by atoms with van der Waals surface area (Å²) in [5.41, 5.74) is 0.787. The number of anilines is 1. The fourth-order valence-electron chi connectivity index (χ4n) is 2.07. The van der Waals surface area contributed by atoms with Crippen molar-refractivity contribution in [2.75, 3.05) is 19.0 Å².